The molecule has 2 bridgehead atoms. The predicted molar refractivity (Wildman–Crippen MR) is 76.4 cm³/mol. The van der Waals surface area contributed by atoms with Crippen molar-refractivity contribution in [3.05, 3.63) is 24.3 Å². The standard InChI is InChI=1S/C15H18N2O4/c18-14(19)9-21-13-5-2-11(3-6-13)16-15(20)17-8-10-1-4-12(17)7-10/h2-3,5-6,10,12H,1,4,7-9H2,(H,16,20)(H,18,19). The van der Waals surface area contributed by atoms with E-state index in [1.165, 1.54) is 6.42 Å². The minimum absolute atomic E-state index is 0.0543. The molecule has 1 aliphatic heterocycles. The first-order chi connectivity index (χ1) is 10.1. The largest absolute Gasteiger partial charge is 0.482 e. The molecule has 2 amide bonds. The van der Waals surface area contributed by atoms with Crippen molar-refractivity contribution in [2.45, 2.75) is 25.3 Å². The second-order valence-corrected chi connectivity index (χ2v) is 5.62. The van der Waals surface area contributed by atoms with E-state index in [1.807, 2.05) is 4.90 Å². The molecule has 1 aromatic rings. The summed E-state index contributed by atoms with van der Waals surface area (Å²) >= 11 is 0. The zero-order chi connectivity index (χ0) is 14.8. The second-order valence-electron chi connectivity index (χ2n) is 5.62. The first-order valence-electron chi connectivity index (χ1n) is 7.14. The van der Waals surface area contributed by atoms with Crippen molar-refractivity contribution in [2.24, 2.45) is 5.92 Å². The summed E-state index contributed by atoms with van der Waals surface area (Å²) in [6.45, 7) is 0.485. The Balaban J connectivity index is 1.55. The van der Waals surface area contributed by atoms with Crippen molar-refractivity contribution >= 4 is 17.7 Å². The van der Waals surface area contributed by atoms with Gasteiger partial charge in [0, 0.05) is 18.3 Å². The van der Waals surface area contributed by atoms with Crippen molar-refractivity contribution in [2.75, 3.05) is 18.5 Å². The topological polar surface area (TPSA) is 78.9 Å². The Labute approximate surface area is 122 Å². The van der Waals surface area contributed by atoms with E-state index in [2.05, 4.69) is 5.32 Å². The molecule has 6 heteroatoms. The van der Waals surface area contributed by atoms with E-state index in [0.717, 1.165) is 19.4 Å². The zero-order valence-corrected chi connectivity index (χ0v) is 11.6. The van der Waals surface area contributed by atoms with Gasteiger partial charge in [0.2, 0.25) is 0 Å². The maximum atomic E-state index is 12.2. The van der Waals surface area contributed by atoms with Gasteiger partial charge in [0.15, 0.2) is 6.61 Å². The lowest BCUT2D eigenvalue weighted by molar-refractivity contribution is -0.139. The van der Waals surface area contributed by atoms with Gasteiger partial charge in [-0.1, -0.05) is 0 Å². The molecule has 2 unspecified atom stereocenters. The summed E-state index contributed by atoms with van der Waals surface area (Å²) in [5.74, 6) is 0.125. The Hall–Kier alpha value is -2.24. The Kier molecular flexibility index (Phi) is 3.68. The average molecular weight is 290 g/mol. The fraction of sp³-hybridized carbons (Fsp3) is 0.467. The number of nitrogens with zero attached hydrogens (tertiary/aromatic N) is 1. The quantitative estimate of drug-likeness (QED) is 0.890. The van der Waals surface area contributed by atoms with Gasteiger partial charge in [0.1, 0.15) is 5.75 Å². The molecule has 2 N–H and O–H groups in total. The number of carbonyl (C=O) groups excluding carboxylic acids is 1. The lowest BCUT2D eigenvalue weighted by Gasteiger charge is -2.27. The van der Waals surface area contributed by atoms with E-state index >= 15 is 0 Å². The fourth-order valence-corrected chi connectivity index (χ4v) is 3.15. The fourth-order valence-electron chi connectivity index (χ4n) is 3.15. The highest BCUT2D eigenvalue weighted by molar-refractivity contribution is 5.89. The van der Waals surface area contributed by atoms with Gasteiger partial charge in [-0.25, -0.2) is 9.59 Å². The smallest absolute Gasteiger partial charge is 0.341 e. The number of piperidine rings is 1. The number of carbonyl (C=O) groups is 2. The summed E-state index contributed by atoms with van der Waals surface area (Å²) < 4.78 is 5.04. The van der Waals surface area contributed by atoms with Crippen LogP contribution in [-0.2, 0) is 4.79 Å². The maximum absolute atomic E-state index is 12.2. The number of aliphatic carboxylic acids is 1. The second kappa shape index (κ2) is 5.63. The number of amides is 2. The lowest BCUT2D eigenvalue weighted by Crippen LogP contribution is -2.40. The third-order valence-corrected chi connectivity index (χ3v) is 4.14. The number of carboxylic acids is 1. The first kappa shape index (κ1) is 13.7. The highest BCUT2D eigenvalue weighted by atomic mass is 16.5. The number of benzene rings is 1. The molecular formula is C15H18N2O4. The number of fused-ring (bicyclic) bond motifs is 2. The molecule has 0 radical (unpaired) electrons. The van der Waals surface area contributed by atoms with Gasteiger partial charge < -0.3 is 20.1 Å². The first-order valence-corrected chi connectivity index (χ1v) is 7.14. The van der Waals surface area contributed by atoms with Gasteiger partial charge >= 0.3 is 12.0 Å². The van der Waals surface area contributed by atoms with E-state index in [1.54, 1.807) is 24.3 Å². The van der Waals surface area contributed by atoms with Gasteiger partial charge in [0.05, 0.1) is 0 Å². The van der Waals surface area contributed by atoms with Crippen molar-refractivity contribution in [1.29, 1.82) is 0 Å². The Morgan fingerprint density at radius 3 is 2.62 bits per heavy atom. The van der Waals surface area contributed by atoms with Crippen LogP contribution < -0.4 is 10.1 Å². The summed E-state index contributed by atoms with van der Waals surface area (Å²) in [5.41, 5.74) is 0.686. The van der Waals surface area contributed by atoms with Crippen LogP contribution in [-0.4, -0.2) is 41.2 Å². The Morgan fingerprint density at radius 2 is 2.05 bits per heavy atom. The molecule has 1 aliphatic carbocycles. The molecule has 1 aromatic carbocycles. The number of hydrogen-bond acceptors (Lipinski definition) is 3. The van der Waals surface area contributed by atoms with Crippen molar-refractivity contribution in [1.82, 2.24) is 4.90 Å². The number of anilines is 1. The number of hydrogen-bond donors (Lipinski definition) is 2. The van der Waals surface area contributed by atoms with Crippen LogP contribution in [0.1, 0.15) is 19.3 Å². The Bertz CT molecular complexity index is 543. The third-order valence-electron chi connectivity index (χ3n) is 4.14. The number of nitrogens with one attached hydrogen (secondary N) is 1. The summed E-state index contributed by atoms with van der Waals surface area (Å²) in [7, 11) is 0. The molecule has 2 fully saturated rings. The lowest BCUT2D eigenvalue weighted by atomic mass is 10.1. The third kappa shape index (κ3) is 3.09. The minimum Gasteiger partial charge on any atom is -0.482 e. The van der Waals surface area contributed by atoms with E-state index in [0.29, 0.717) is 23.4 Å². The summed E-state index contributed by atoms with van der Waals surface area (Å²) in [4.78, 5) is 24.5. The summed E-state index contributed by atoms with van der Waals surface area (Å²) in [6, 6.07) is 7.06. The average Bonchev–Trinajstić information content (AvgIpc) is 3.09. The summed E-state index contributed by atoms with van der Waals surface area (Å²) in [5, 5.41) is 11.4. The molecule has 21 heavy (non-hydrogen) atoms. The molecular weight excluding hydrogens is 272 g/mol. The molecule has 1 saturated heterocycles. The van der Waals surface area contributed by atoms with Gasteiger partial charge in [-0.05, 0) is 49.4 Å². The highest BCUT2D eigenvalue weighted by Gasteiger charge is 2.40. The Morgan fingerprint density at radius 1 is 1.29 bits per heavy atom. The molecule has 1 heterocycles. The molecule has 6 nitrogen and oxygen atoms in total. The van der Waals surface area contributed by atoms with Gasteiger partial charge in [-0.2, -0.15) is 0 Å². The highest BCUT2D eigenvalue weighted by Crippen LogP contribution is 2.37. The van der Waals surface area contributed by atoms with Crippen LogP contribution in [0.2, 0.25) is 0 Å². The molecule has 3 rings (SSSR count). The number of urea groups is 1. The number of likely N-dealkylation sites (tertiary alicyclic amines) is 1. The number of carboxylic acid groups (broad SMARTS) is 1. The molecule has 0 aromatic heterocycles. The van der Waals surface area contributed by atoms with Crippen LogP contribution in [0.3, 0.4) is 0 Å². The monoisotopic (exact) mass is 290 g/mol. The number of ether oxygens (including phenoxy) is 1. The van der Waals surface area contributed by atoms with Crippen molar-refractivity contribution < 1.29 is 19.4 Å². The molecule has 112 valence electrons. The van der Waals surface area contributed by atoms with Gasteiger partial charge in [-0.3, -0.25) is 0 Å². The van der Waals surface area contributed by atoms with Crippen LogP contribution in [0.15, 0.2) is 24.3 Å². The summed E-state index contributed by atoms with van der Waals surface area (Å²) in [6.07, 6.45) is 3.49. The number of rotatable bonds is 4. The molecule has 2 atom stereocenters. The van der Waals surface area contributed by atoms with E-state index < -0.39 is 5.97 Å². The van der Waals surface area contributed by atoms with E-state index in [4.69, 9.17) is 9.84 Å². The SMILES string of the molecule is O=C(O)COc1ccc(NC(=O)N2CC3CCC2C3)cc1. The molecule has 0 spiro atoms. The van der Waals surface area contributed by atoms with Crippen molar-refractivity contribution in [3.8, 4) is 5.75 Å². The van der Waals surface area contributed by atoms with Crippen molar-refractivity contribution in [3.63, 3.8) is 0 Å². The van der Waals surface area contributed by atoms with E-state index in [9.17, 15) is 9.59 Å². The molecule has 1 saturated carbocycles. The van der Waals surface area contributed by atoms with Gasteiger partial charge in [0.25, 0.3) is 0 Å². The van der Waals surface area contributed by atoms with Crippen LogP contribution >= 0.6 is 0 Å². The molecule has 2 aliphatic rings. The van der Waals surface area contributed by atoms with Crippen LogP contribution in [0.5, 0.6) is 5.75 Å². The predicted octanol–water partition coefficient (Wildman–Crippen LogP) is 2.17. The zero-order valence-electron chi connectivity index (χ0n) is 11.6. The minimum atomic E-state index is -1.02. The maximum Gasteiger partial charge on any atom is 0.341 e. The van der Waals surface area contributed by atoms with Crippen LogP contribution in [0, 0.1) is 5.92 Å². The normalized spacial score (nSPS) is 23.1. The van der Waals surface area contributed by atoms with Gasteiger partial charge in [-0.15, -0.1) is 0 Å². The van der Waals surface area contributed by atoms with Crippen LogP contribution in [0.25, 0.3) is 0 Å². The van der Waals surface area contributed by atoms with E-state index in [-0.39, 0.29) is 12.6 Å². The van der Waals surface area contributed by atoms with Crippen LogP contribution in [0.4, 0.5) is 10.5 Å².